The van der Waals surface area contributed by atoms with Crippen LogP contribution in [0.15, 0.2) is 35.3 Å². The monoisotopic (exact) mass is 695 g/mol. The lowest BCUT2D eigenvalue weighted by Gasteiger charge is -2.27. The van der Waals surface area contributed by atoms with E-state index in [1.54, 1.807) is 12.1 Å². The molecule has 0 spiro atoms. The van der Waals surface area contributed by atoms with Gasteiger partial charge in [-0.2, -0.15) is 0 Å². The lowest BCUT2D eigenvalue weighted by Crippen LogP contribution is -2.58. The number of carbonyl (C=O) groups is 4. The number of benzene rings is 2. The molecule has 2 aromatic rings. The first kappa shape index (κ1) is 41.5. The Labute approximate surface area is 295 Å². The van der Waals surface area contributed by atoms with Gasteiger partial charge in [-0.05, 0) is 117 Å². The van der Waals surface area contributed by atoms with Crippen LogP contribution in [-0.2, 0) is 32.0 Å². The predicted molar refractivity (Wildman–Crippen MR) is 196 cm³/mol. The van der Waals surface area contributed by atoms with Crippen molar-refractivity contribution >= 4 is 29.6 Å². The van der Waals surface area contributed by atoms with E-state index in [-0.39, 0.29) is 43.4 Å². The Bertz CT molecular complexity index is 1480. The number of aryl methyl sites for hydroxylation is 3. The maximum absolute atomic E-state index is 14.0. The number of primary amides is 1. The third kappa shape index (κ3) is 13.0. The second-order valence-corrected chi connectivity index (χ2v) is 13.2. The molecule has 4 atom stereocenters. The van der Waals surface area contributed by atoms with E-state index >= 15 is 0 Å². The fourth-order valence-electron chi connectivity index (χ4n) is 5.94. The number of unbranched alkanes of at least 4 members (excludes halogenated alkanes) is 1. The number of guanidine groups is 1. The van der Waals surface area contributed by atoms with Crippen molar-refractivity contribution < 1.29 is 24.3 Å². The number of phenolic OH excluding ortho intramolecular Hbond substituents is 1. The number of phenols is 1. The van der Waals surface area contributed by atoms with Crippen LogP contribution >= 0.6 is 0 Å². The van der Waals surface area contributed by atoms with Gasteiger partial charge in [0.15, 0.2) is 5.96 Å². The summed E-state index contributed by atoms with van der Waals surface area (Å²) in [4.78, 5) is 57.6. The van der Waals surface area contributed by atoms with E-state index in [4.69, 9.17) is 28.7 Å². The summed E-state index contributed by atoms with van der Waals surface area (Å²) in [5.41, 5.74) is 33.7. The highest BCUT2D eigenvalue weighted by atomic mass is 16.3. The molecule has 0 aliphatic rings. The molecule has 0 aliphatic heterocycles. The lowest BCUT2D eigenvalue weighted by atomic mass is 9.89. The number of nitrogens with one attached hydrogen (secondary N) is 3. The minimum atomic E-state index is -1.12. The largest absolute Gasteiger partial charge is 0.508 e. The topological polar surface area (TPSA) is 267 Å². The smallest absolute Gasteiger partial charge is 0.243 e. The summed E-state index contributed by atoms with van der Waals surface area (Å²) in [6, 6.07) is 4.84. The van der Waals surface area contributed by atoms with Gasteiger partial charge in [-0.1, -0.05) is 32.0 Å². The van der Waals surface area contributed by atoms with Crippen molar-refractivity contribution in [2.24, 2.45) is 33.7 Å². The van der Waals surface area contributed by atoms with Crippen molar-refractivity contribution in [1.29, 1.82) is 0 Å². The Morgan fingerprint density at radius 1 is 0.760 bits per heavy atom. The molecular formula is C36H57N9O5. The van der Waals surface area contributed by atoms with E-state index in [0.717, 1.165) is 33.4 Å². The maximum atomic E-state index is 14.0. The standard InChI is InChI=1S/C36H57N9O5/c1-20(2)25-11-8-10-21(3)27(25)19-31(35(50)43-29(32(39)47)12-6-7-14-37)45-34(49)30(13-9-15-42-36(40)41)44-33(48)28(38)18-26-22(4)16-24(46)17-23(26)5/h8,10-11,16-17,20,28-31,46H,6-7,9,12-15,18-19,37-38H2,1-5H3,(H2,39,47)(H,43,50)(H,44,48)(H,45,49)(H4,40,41,42)/t28-,29-,30+,31-/m0/s1. The van der Waals surface area contributed by atoms with Crippen LogP contribution in [0.1, 0.15) is 85.3 Å². The average molecular weight is 696 g/mol. The minimum Gasteiger partial charge on any atom is -0.508 e. The number of aromatic hydroxyl groups is 1. The molecule has 0 fully saturated rings. The van der Waals surface area contributed by atoms with Crippen molar-refractivity contribution in [3.63, 3.8) is 0 Å². The quantitative estimate of drug-likeness (QED) is 0.0535. The number of amides is 4. The van der Waals surface area contributed by atoms with Gasteiger partial charge in [0.25, 0.3) is 0 Å². The van der Waals surface area contributed by atoms with Gasteiger partial charge in [0.2, 0.25) is 23.6 Å². The third-order valence-corrected chi connectivity index (χ3v) is 8.74. The molecule has 0 heterocycles. The second-order valence-electron chi connectivity index (χ2n) is 13.2. The molecule has 0 saturated heterocycles. The Kier molecular flexibility index (Phi) is 16.7. The van der Waals surface area contributed by atoms with Crippen molar-refractivity contribution in [3.05, 3.63) is 63.7 Å². The summed E-state index contributed by atoms with van der Waals surface area (Å²) in [7, 11) is 0. The Morgan fingerprint density at radius 2 is 1.34 bits per heavy atom. The lowest BCUT2D eigenvalue weighted by molar-refractivity contribution is -0.133. The highest BCUT2D eigenvalue weighted by Gasteiger charge is 2.31. The molecule has 0 aromatic heterocycles. The van der Waals surface area contributed by atoms with E-state index < -0.39 is 47.8 Å². The van der Waals surface area contributed by atoms with Crippen LogP contribution in [0.5, 0.6) is 5.75 Å². The number of hydrogen-bond acceptors (Lipinski definition) is 8. The number of nitrogens with two attached hydrogens (primary N) is 5. The van der Waals surface area contributed by atoms with Crippen LogP contribution in [0, 0.1) is 20.8 Å². The summed E-state index contributed by atoms with van der Waals surface area (Å²) in [5, 5.41) is 18.3. The van der Waals surface area contributed by atoms with Gasteiger partial charge in [0.1, 0.15) is 23.9 Å². The molecule has 2 aromatic carbocycles. The van der Waals surface area contributed by atoms with E-state index in [0.29, 0.717) is 32.2 Å². The molecule has 0 saturated carbocycles. The Balaban J connectivity index is 2.42. The number of nitrogens with zero attached hydrogens (tertiary/aromatic N) is 1. The van der Waals surface area contributed by atoms with Crippen LogP contribution in [0.3, 0.4) is 0 Å². The first-order valence-electron chi connectivity index (χ1n) is 17.1. The summed E-state index contributed by atoms with van der Waals surface area (Å²) in [6.45, 7) is 10.3. The third-order valence-electron chi connectivity index (χ3n) is 8.74. The molecule has 14 N–H and O–H groups in total. The molecular weight excluding hydrogens is 638 g/mol. The van der Waals surface area contributed by atoms with E-state index in [1.807, 2.05) is 52.8 Å². The number of aliphatic imine (C=N–C) groups is 1. The Morgan fingerprint density at radius 3 is 1.92 bits per heavy atom. The molecule has 50 heavy (non-hydrogen) atoms. The first-order valence-corrected chi connectivity index (χ1v) is 17.1. The molecule has 14 heteroatoms. The fourth-order valence-corrected chi connectivity index (χ4v) is 5.94. The molecule has 0 radical (unpaired) electrons. The van der Waals surface area contributed by atoms with Crippen molar-refractivity contribution in [3.8, 4) is 5.75 Å². The van der Waals surface area contributed by atoms with Crippen LogP contribution < -0.4 is 44.6 Å². The molecule has 2 rings (SSSR count). The molecule has 0 bridgehead atoms. The summed E-state index contributed by atoms with van der Waals surface area (Å²) >= 11 is 0. The zero-order valence-corrected chi connectivity index (χ0v) is 30.1. The summed E-state index contributed by atoms with van der Waals surface area (Å²) in [6.07, 6.45) is 2.28. The average Bonchev–Trinajstić information content (AvgIpc) is 3.03. The second kappa shape index (κ2) is 20.1. The van der Waals surface area contributed by atoms with Crippen molar-refractivity contribution in [2.75, 3.05) is 13.1 Å². The zero-order valence-electron chi connectivity index (χ0n) is 30.1. The predicted octanol–water partition coefficient (Wildman–Crippen LogP) is 0.676. The van der Waals surface area contributed by atoms with Gasteiger partial charge in [0, 0.05) is 13.0 Å². The molecule has 0 unspecified atom stereocenters. The number of carbonyl (C=O) groups excluding carboxylic acids is 4. The molecule has 14 nitrogen and oxygen atoms in total. The maximum Gasteiger partial charge on any atom is 0.243 e. The first-order chi connectivity index (χ1) is 23.5. The molecule has 276 valence electrons. The van der Waals surface area contributed by atoms with Gasteiger partial charge in [-0.25, -0.2) is 0 Å². The Hall–Kier alpha value is -4.69. The van der Waals surface area contributed by atoms with E-state index in [9.17, 15) is 24.3 Å². The van der Waals surface area contributed by atoms with Gasteiger partial charge in [0.05, 0.1) is 6.04 Å². The highest BCUT2D eigenvalue weighted by Crippen LogP contribution is 2.25. The highest BCUT2D eigenvalue weighted by molar-refractivity contribution is 5.94. The van der Waals surface area contributed by atoms with Gasteiger partial charge in [-0.15, -0.1) is 0 Å². The number of hydrogen-bond donors (Lipinski definition) is 9. The SMILES string of the molecule is Cc1cc(O)cc(C)c1C[C@H](N)C(=O)N[C@H](CCCN=C(N)N)C(=O)N[C@@H](Cc1c(C)cccc1C(C)C)C(=O)N[C@@H](CCCCN)C(N)=O. The normalized spacial score (nSPS) is 13.5. The zero-order chi connectivity index (χ0) is 37.5. The van der Waals surface area contributed by atoms with Gasteiger partial charge in [-0.3, -0.25) is 24.2 Å². The van der Waals surface area contributed by atoms with Crippen LogP contribution in [0.4, 0.5) is 0 Å². The summed E-state index contributed by atoms with van der Waals surface area (Å²) in [5.74, 6) is -2.35. The number of rotatable bonds is 20. The van der Waals surface area contributed by atoms with E-state index in [1.165, 1.54) is 0 Å². The van der Waals surface area contributed by atoms with Crippen molar-refractivity contribution in [1.82, 2.24) is 16.0 Å². The van der Waals surface area contributed by atoms with E-state index in [2.05, 4.69) is 20.9 Å². The summed E-state index contributed by atoms with van der Waals surface area (Å²) < 4.78 is 0. The molecule has 4 amide bonds. The minimum absolute atomic E-state index is 0.108. The van der Waals surface area contributed by atoms with Gasteiger partial charge >= 0.3 is 0 Å². The van der Waals surface area contributed by atoms with Crippen LogP contribution in [0.25, 0.3) is 0 Å². The fraction of sp³-hybridized carbons (Fsp3) is 0.528. The van der Waals surface area contributed by atoms with Crippen LogP contribution in [-0.4, -0.2) is 72.0 Å². The van der Waals surface area contributed by atoms with Crippen LogP contribution in [0.2, 0.25) is 0 Å². The van der Waals surface area contributed by atoms with Gasteiger partial charge < -0.3 is 49.7 Å². The molecule has 0 aliphatic carbocycles. The van der Waals surface area contributed by atoms with Crippen molar-refractivity contribution in [2.45, 2.75) is 110 Å².